The Morgan fingerprint density at radius 2 is 1.77 bits per heavy atom. The van der Waals surface area contributed by atoms with Crippen LogP contribution in [0.3, 0.4) is 0 Å². The summed E-state index contributed by atoms with van der Waals surface area (Å²) in [6.45, 7) is 1.96. The first-order valence-corrected chi connectivity index (χ1v) is 10.4. The van der Waals surface area contributed by atoms with Gasteiger partial charge in [0.25, 0.3) is 5.56 Å². The topological polar surface area (TPSA) is 39.8 Å². The zero-order valence-electron chi connectivity index (χ0n) is 17.4. The number of benzene rings is 1. The van der Waals surface area contributed by atoms with Gasteiger partial charge >= 0.3 is 0 Å². The molecule has 0 atom stereocenters. The molecule has 0 aliphatic heterocycles. The number of aromatic nitrogens is 3. The Labute approximate surface area is 182 Å². The van der Waals surface area contributed by atoms with Crippen LogP contribution in [0.4, 0.5) is 0 Å². The fourth-order valence-corrected chi connectivity index (χ4v) is 4.58. The van der Waals surface area contributed by atoms with E-state index in [1.165, 1.54) is 41.4 Å². The van der Waals surface area contributed by atoms with Crippen molar-refractivity contribution in [3.63, 3.8) is 0 Å². The van der Waals surface area contributed by atoms with Crippen LogP contribution in [-0.2, 0) is 19.9 Å². The Hall–Kier alpha value is -2.85. The van der Waals surface area contributed by atoms with Gasteiger partial charge in [-0.25, -0.2) is 0 Å². The molecule has 4 nitrogen and oxygen atoms in total. The van der Waals surface area contributed by atoms with Crippen molar-refractivity contribution >= 4 is 23.3 Å². The first-order chi connectivity index (χ1) is 14.1. The van der Waals surface area contributed by atoms with Gasteiger partial charge in [0.15, 0.2) is 0 Å². The summed E-state index contributed by atoms with van der Waals surface area (Å²) in [5.74, 6) is 0. The molecule has 0 radical (unpaired) electrons. The molecule has 0 fully saturated rings. The average molecular weight is 420 g/mol. The van der Waals surface area contributed by atoms with Crippen LogP contribution in [0.1, 0.15) is 36.2 Å². The Kier molecular flexibility index (Phi) is 5.52. The monoisotopic (exact) mass is 419 g/mol. The molecule has 0 saturated heterocycles. The summed E-state index contributed by atoms with van der Waals surface area (Å²) in [5, 5.41) is 1.34. The molecule has 0 saturated carbocycles. The number of halogens is 1. The van der Waals surface area contributed by atoms with Gasteiger partial charge in [0, 0.05) is 47.8 Å². The maximum Gasteiger partial charge on any atom is 0.255 e. The smallest absolute Gasteiger partial charge is 0.255 e. The summed E-state index contributed by atoms with van der Waals surface area (Å²) in [7, 11) is 2.16. The second-order valence-corrected chi connectivity index (χ2v) is 8.06. The minimum Gasteiger partial charge on any atom is -0.347 e. The van der Waals surface area contributed by atoms with Crippen molar-refractivity contribution < 1.29 is 0 Å². The molecule has 1 aromatic carbocycles. The Morgan fingerprint density at radius 1 is 0.933 bits per heavy atom. The summed E-state index contributed by atoms with van der Waals surface area (Å²) in [5.41, 5.74) is 7.88. The van der Waals surface area contributed by atoms with E-state index in [0.717, 1.165) is 35.3 Å². The second kappa shape index (κ2) is 8.11. The molecule has 3 aromatic heterocycles. The number of fused-ring (bicyclic) bond motifs is 3. The number of nitrogens with zero attached hydrogens (tertiary/aromatic N) is 3. The van der Waals surface area contributed by atoms with Gasteiger partial charge in [-0.05, 0) is 68.0 Å². The number of hydrogen-bond acceptors (Lipinski definition) is 2. The summed E-state index contributed by atoms with van der Waals surface area (Å²) < 4.78 is 4.06. The Bertz CT molecular complexity index is 1270. The maximum atomic E-state index is 12.9. The van der Waals surface area contributed by atoms with E-state index in [4.69, 9.17) is 0 Å². The molecule has 5 heteroatoms. The minimum atomic E-state index is -0.0294. The molecule has 0 amide bonds. The van der Waals surface area contributed by atoms with Crippen LogP contribution >= 0.6 is 12.4 Å². The highest BCUT2D eigenvalue weighted by atomic mass is 35.5. The standard InChI is InChI=1S/C25H25N3O.ClH/c1-17-8-9-19(16-26-17)18-12-13-28(25(29)14-18)20-10-11-22-21-6-4-3-5-7-23(21)27(2)24(22)15-20;/h8-16H,3-7H2,1-2H3;1H. The third-order valence-corrected chi connectivity index (χ3v) is 6.20. The Balaban J connectivity index is 0.00000218. The molecule has 0 N–H and O–H groups in total. The lowest BCUT2D eigenvalue weighted by atomic mass is 10.1. The van der Waals surface area contributed by atoms with Gasteiger partial charge in [-0.2, -0.15) is 0 Å². The predicted molar refractivity (Wildman–Crippen MR) is 125 cm³/mol. The summed E-state index contributed by atoms with van der Waals surface area (Å²) >= 11 is 0. The summed E-state index contributed by atoms with van der Waals surface area (Å²) in [6.07, 6.45) is 9.83. The van der Waals surface area contributed by atoms with Crippen LogP contribution < -0.4 is 5.56 Å². The minimum absolute atomic E-state index is 0. The SMILES string of the molecule is Cc1ccc(-c2ccn(-c3ccc4c5c(n(C)c4c3)CCCCC5)c(=O)c2)cn1.Cl. The fraction of sp³-hybridized carbons (Fsp3) is 0.280. The number of hydrogen-bond donors (Lipinski definition) is 0. The van der Waals surface area contributed by atoms with Crippen molar-refractivity contribution in [2.45, 2.75) is 39.0 Å². The molecular formula is C25H26ClN3O. The summed E-state index contributed by atoms with van der Waals surface area (Å²) in [6, 6.07) is 14.1. The van der Waals surface area contributed by atoms with Gasteiger partial charge in [-0.15, -0.1) is 12.4 Å². The van der Waals surface area contributed by atoms with Gasteiger partial charge in [0.2, 0.25) is 0 Å². The number of aryl methyl sites for hydroxylation is 3. The Morgan fingerprint density at radius 3 is 2.53 bits per heavy atom. The van der Waals surface area contributed by atoms with Gasteiger partial charge in [-0.3, -0.25) is 14.3 Å². The zero-order chi connectivity index (χ0) is 20.0. The molecule has 1 aliphatic rings. The molecular weight excluding hydrogens is 394 g/mol. The van der Waals surface area contributed by atoms with E-state index in [1.54, 1.807) is 10.6 Å². The highest BCUT2D eigenvalue weighted by Crippen LogP contribution is 2.32. The van der Waals surface area contributed by atoms with E-state index in [-0.39, 0.29) is 18.0 Å². The third-order valence-electron chi connectivity index (χ3n) is 6.20. The van der Waals surface area contributed by atoms with Gasteiger partial charge in [0.05, 0.1) is 11.2 Å². The summed E-state index contributed by atoms with van der Waals surface area (Å²) in [4.78, 5) is 17.2. The van der Waals surface area contributed by atoms with E-state index in [2.05, 4.69) is 34.8 Å². The highest BCUT2D eigenvalue weighted by Gasteiger charge is 2.17. The van der Waals surface area contributed by atoms with Gasteiger partial charge < -0.3 is 4.57 Å². The van der Waals surface area contributed by atoms with Crippen LogP contribution in [0, 0.1) is 6.92 Å². The normalized spacial score (nSPS) is 13.5. The van der Waals surface area contributed by atoms with Gasteiger partial charge in [-0.1, -0.05) is 18.6 Å². The number of rotatable bonds is 2. The molecule has 3 heterocycles. The van der Waals surface area contributed by atoms with Crippen molar-refractivity contribution in [2.24, 2.45) is 7.05 Å². The quantitative estimate of drug-likeness (QED) is 0.408. The highest BCUT2D eigenvalue weighted by molar-refractivity contribution is 5.87. The van der Waals surface area contributed by atoms with E-state index < -0.39 is 0 Å². The van der Waals surface area contributed by atoms with Crippen molar-refractivity contribution in [2.75, 3.05) is 0 Å². The first kappa shape index (κ1) is 20.4. The largest absolute Gasteiger partial charge is 0.347 e. The molecule has 0 unspecified atom stereocenters. The molecule has 0 bridgehead atoms. The first-order valence-electron chi connectivity index (χ1n) is 10.4. The van der Waals surface area contributed by atoms with Crippen LogP contribution in [0.15, 0.2) is 59.7 Å². The van der Waals surface area contributed by atoms with E-state index in [9.17, 15) is 4.79 Å². The number of pyridine rings is 2. The van der Waals surface area contributed by atoms with Crippen molar-refractivity contribution in [1.82, 2.24) is 14.1 Å². The lowest BCUT2D eigenvalue weighted by molar-refractivity contribution is 0.698. The lowest BCUT2D eigenvalue weighted by Crippen LogP contribution is -2.16. The van der Waals surface area contributed by atoms with Crippen LogP contribution in [0.25, 0.3) is 27.7 Å². The average Bonchev–Trinajstić information content (AvgIpc) is 2.89. The predicted octanol–water partition coefficient (Wildman–Crippen LogP) is 5.39. The van der Waals surface area contributed by atoms with Crippen LogP contribution in [0.2, 0.25) is 0 Å². The maximum absolute atomic E-state index is 12.9. The molecule has 1 aliphatic carbocycles. The van der Waals surface area contributed by atoms with Gasteiger partial charge in [0.1, 0.15) is 0 Å². The third kappa shape index (κ3) is 3.46. The second-order valence-electron chi connectivity index (χ2n) is 8.06. The fourth-order valence-electron chi connectivity index (χ4n) is 4.58. The van der Waals surface area contributed by atoms with Crippen LogP contribution in [-0.4, -0.2) is 14.1 Å². The zero-order valence-corrected chi connectivity index (χ0v) is 18.2. The van der Waals surface area contributed by atoms with E-state index in [0.29, 0.717) is 0 Å². The van der Waals surface area contributed by atoms with E-state index >= 15 is 0 Å². The molecule has 5 rings (SSSR count). The molecule has 4 aromatic rings. The van der Waals surface area contributed by atoms with Crippen LogP contribution in [0.5, 0.6) is 0 Å². The molecule has 154 valence electrons. The molecule has 30 heavy (non-hydrogen) atoms. The molecule has 0 spiro atoms. The van der Waals surface area contributed by atoms with Crippen molar-refractivity contribution in [1.29, 1.82) is 0 Å². The van der Waals surface area contributed by atoms with Crippen molar-refractivity contribution in [3.05, 3.63) is 82.2 Å². The lowest BCUT2D eigenvalue weighted by Gasteiger charge is -2.09. The van der Waals surface area contributed by atoms with Crippen molar-refractivity contribution in [3.8, 4) is 16.8 Å². The van der Waals surface area contributed by atoms with E-state index in [1.807, 2.05) is 37.5 Å².